The molecule has 0 N–H and O–H groups in total. The molecule has 0 radical (unpaired) electrons. The molecule has 0 aliphatic rings. The van der Waals surface area contributed by atoms with Gasteiger partial charge < -0.3 is 9.47 Å². The van der Waals surface area contributed by atoms with Gasteiger partial charge in [-0.3, -0.25) is 4.79 Å². The van der Waals surface area contributed by atoms with Crippen LogP contribution in [0.4, 0.5) is 22.0 Å². The maximum absolute atomic E-state index is 13.8. The Morgan fingerprint density at radius 2 is 1.23 bits per heavy atom. The molecule has 0 heterocycles. The van der Waals surface area contributed by atoms with Crippen LogP contribution in [0.5, 0.6) is 11.5 Å². The molecule has 162 valence electrons. The number of ether oxygens (including phenoxy) is 2. The molecule has 3 aromatic rings. The summed E-state index contributed by atoms with van der Waals surface area (Å²) in [6, 6.07) is 20.7. The Balaban J connectivity index is 1.89. The molecule has 0 amide bonds. The fraction of sp³-hybridized carbons (Fsp3) is 0.174. The largest absolute Gasteiger partial charge is 0.489 e. The fourth-order valence-electron chi connectivity index (χ4n) is 2.68. The van der Waals surface area contributed by atoms with Gasteiger partial charge in [0.15, 0.2) is 0 Å². The van der Waals surface area contributed by atoms with Crippen LogP contribution in [0.2, 0.25) is 0 Å². The molecule has 0 spiro atoms. The molecule has 0 saturated carbocycles. The first-order valence-corrected chi connectivity index (χ1v) is 9.15. The van der Waals surface area contributed by atoms with Crippen molar-refractivity contribution in [3.8, 4) is 11.5 Å². The molecule has 0 atom stereocenters. The first-order chi connectivity index (χ1) is 14.7. The van der Waals surface area contributed by atoms with Crippen molar-refractivity contribution in [2.75, 3.05) is 0 Å². The van der Waals surface area contributed by atoms with Crippen molar-refractivity contribution in [1.29, 1.82) is 0 Å². The van der Waals surface area contributed by atoms with Crippen molar-refractivity contribution in [2.45, 2.75) is 25.3 Å². The maximum Gasteiger partial charge on any atom is 0.461 e. The van der Waals surface area contributed by atoms with E-state index in [4.69, 9.17) is 9.47 Å². The molecule has 0 aliphatic heterocycles. The maximum atomic E-state index is 13.8. The lowest BCUT2D eigenvalue weighted by atomic mass is 10.0. The van der Waals surface area contributed by atoms with E-state index < -0.39 is 29.2 Å². The number of ketones is 1. The summed E-state index contributed by atoms with van der Waals surface area (Å²) in [7, 11) is 0. The monoisotopic (exact) mass is 436 g/mol. The normalized spacial score (nSPS) is 11.8. The van der Waals surface area contributed by atoms with E-state index in [-0.39, 0.29) is 19.0 Å². The summed E-state index contributed by atoms with van der Waals surface area (Å²) in [5, 5.41) is 0. The molecule has 31 heavy (non-hydrogen) atoms. The SMILES string of the molecule is O=C(c1cc(OCc2ccccc2)ccc1OCc1ccccc1)C(F)(F)C(F)(F)F. The second kappa shape index (κ2) is 9.16. The quantitative estimate of drug-likeness (QED) is 0.310. The predicted molar refractivity (Wildman–Crippen MR) is 103 cm³/mol. The summed E-state index contributed by atoms with van der Waals surface area (Å²) in [6.07, 6.45) is -6.04. The molecule has 8 heteroatoms. The lowest BCUT2D eigenvalue weighted by Crippen LogP contribution is -2.44. The molecule has 3 rings (SSSR count). The lowest BCUT2D eigenvalue weighted by molar-refractivity contribution is -0.255. The van der Waals surface area contributed by atoms with Gasteiger partial charge in [-0.05, 0) is 29.3 Å². The van der Waals surface area contributed by atoms with Crippen LogP contribution in [-0.4, -0.2) is 17.9 Å². The number of Topliss-reactive ketones (excluding diaryl/α,β-unsaturated/α-hetero) is 1. The topological polar surface area (TPSA) is 35.5 Å². The first-order valence-electron chi connectivity index (χ1n) is 9.15. The number of benzene rings is 3. The Hall–Kier alpha value is -3.42. The van der Waals surface area contributed by atoms with Crippen molar-refractivity contribution in [3.63, 3.8) is 0 Å². The Morgan fingerprint density at radius 3 is 1.74 bits per heavy atom. The van der Waals surface area contributed by atoms with Gasteiger partial charge in [0.1, 0.15) is 24.7 Å². The number of hydrogen-bond acceptors (Lipinski definition) is 3. The van der Waals surface area contributed by atoms with Gasteiger partial charge >= 0.3 is 12.1 Å². The summed E-state index contributed by atoms with van der Waals surface area (Å²) in [5.41, 5.74) is 0.483. The van der Waals surface area contributed by atoms with E-state index in [2.05, 4.69) is 0 Å². The van der Waals surface area contributed by atoms with Crippen LogP contribution in [0.3, 0.4) is 0 Å². The summed E-state index contributed by atoms with van der Waals surface area (Å²) in [6.45, 7) is -0.0860. The molecule has 0 bridgehead atoms. The van der Waals surface area contributed by atoms with E-state index in [1.807, 2.05) is 0 Å². The van der Waals surface area contributed by atoms with Crippen LogP contribution in [0.15, 0.2) is 78.9 Å². The van der Waals surface area contributed by atoms with Gasteiger partial charge in [0, 0.05) is 0 Å². The average Bonchev–Trinajstić information content (AvgIpc) is 2.76. The van der Waals surface area contributed by atoms with Gasteiger partial charge in [-0.2, -0.15) is 22.0 Å². The molecular formula is C23H17F5O3. The van der Waals surface area contributed by atoms with Gasteiger partial charge in [-0.25, -0.2) is 0 Å². The van der Waals surface area contributed by atoms with Crippen LogP contribution in [0.25, 0.3) is 0 Å². The highest BCUT2D eigenvalue weighted by atomic mass is 19.4. The third-order valence-corrected chi connectivity index (χ3v) is 4.32. The minimum atomic E-state index is -6.04. The van der Waals surface area contributed by atoms with Crippen molar-refractivity contribution in [2.24, 2.45) is 0 Å². The third kappa shape index (κ3) is 5.39. The number of alkyl halides is 5. The van der Waals surface area contributed by atoms with Gasteiger partial charge in [0.2, 0.25) is 5.78 Å². The minimum Gasteiger partial charge on any atom is -0.489 e. The second-order valence-corrected chi connectivity index (χ2v) is 6.61. The van der Waals surface area contributed by atoms with Gasteiger partial charge in [0.25, 0.3) is 0 Å². The number of hydrogen-bond donors (Lipinski definition) is 0. The van der Waals surface area contributed by atoms with E-state index in [9.17, 15) is 26.7 Å². The number of carbonyl (C=O) groups excluding carboxylic acids is 1. The van der Waals surface area contributed by atoms with Crippen molar-refractivity contribution in [1.82, 2.24) is 0 Å². The predicted octanol–water partition coefficient (Wildman–Crippen LogP) is 6.22. The Bertz CT molecular complexity index is 1020. The van der Waals surface area contributed by atoms with E-state index in [0.29, 0.717) is 5.56 Å². The molecular weight excluding hydrogens is 419 g/mol. The molecule has 3 aromatic carbocycles. The van der Waals surface area contributed by atoms with Crippen LogP contribution in [-0.2, 0) is 13.2 Å². The van der Waals surface area contributed by atoms with Crippen LogP contribution in [0.1, 0.15) is 21.5 Å². The minimum absolute atomic E-state index is 0.0361. The number of halogens is 5. The van der Waals surface area contributed by atoms with Crippen molar-refractivity contribution in [3.05, 3.63) is 95.6 Å². The zero-order valence-electron chi connectivity index (χ0n) is 16.0. The highest BCUT2D eigenvalue weighted by Gasteiger charge is 2.63. The fourth-order valence-corrected chi connectivity index (χ4v) is 2.68. The Kier molecular flexibility index (Phi) is 6.58. The van der Waals surface area contributed by atoms with Crippen LogP contribution < -0.4 is 9.47 Å². The van der Waals surface area contributed by atoms with Crippen molar-refractivity contribution < 1.29 is 36.2 Å². The Labute approximate surface area is 175 Å². The molecule has 0 unspecified atom stereocenters. The number of carbonyl (C=O) groups is 1. The zero-order valence-corrected chi connectivity index (χ0v) is 16.0. The lowest BCUT2D eigenvalue weighted by Gasteiger charge is -2.20. The van der Waals surface area contributed by atoms with Crippen LogP contribution >= 0.6 is 0 Å². The van der Waals surface area contributed by atoms with Crippen LogP contribution in [0, 0.1) is 0 Å². The highest BCUT2D eigenvalue weighted by Crippen LogP contribution is 2.40. The van der Waals surface area contributed by atoms with E-state index in [0.717, 1.165) is 17.7 Å². The summed E-state index contributed by atoms with van der Waals surface area (Å²) >= 11 is 0. The van der Waals surface area contributed by atoms with E-state index in [1.54, 1.807) is 60.7 Å². The summed E-state index contributed by atoms with van der Waals surface area (Å²) in [5.74, 6) is -8.43. The summed E-state index contributed by atoms with van der Waals surface area (Å²) < 4.78 is 76.7. The van der Waals surface area contributed by atoms with Gasteiger partial charge in [-0.15, -0.1) is 0 Å². The molecule has 0 fully saturated rings. The average molecular weight is 436 g/mol. The zero-order chi connectivity index (χ0) is 22.5. The summed E-state index contributed by atoms with van der Waals surface area (Å²) in [4.78, 5) is 12.2. The molecule has 0 aromatic heterocycles. The highest BCUT2D eigenvalue weighted by molar-refractivity contribution is 6.04. The van der Waals surface area contributed by atoms with E-state index >= 15 is 0 Å². The smallest absolute Gasteiger partial charge is 0.461 e. The number of rotatable bonds is 8. The van der Waals surface area contributed by atoms with Gasteiger partial charge in [-0.1, -0.05) is 60.7 Å². The molecule has 0 saturated heterocycles. The molecule has 0 aliphatic carbocycles. The van der Waals surface area contributed by atoms with E-state index in [1.165, 1.54) is 6.07 Å². The molecule has 3 nitrogen and oxygen atoms in total. The second-order valence-electron chi connectivity index (χ2n) is 6.61. The van der Waals surface area contributed by atoms with Crippen molar-refractivity contribution >= 4 is 5.78 Å². The van der Waals surface area contributed by atoms with Gasteiger partial charge in [0.05, 0.1) is 5.56 Å². The first kappa shape index (κ1) is 22.3. The third-order valence-electron chi connectivity index (χ3n) is 4.32. The Morgan fingerprint density at radius 1 is 0.710 bits per heavy atom. The standard InChI is InChI=1S/C23H17F5O3/c24-22(25,23(26,27)28)21(29)19-13-18(30-14-16-7-3-1-4-8-16)11-12-20(19)31-15-17-9-5-2-6-10-17/h1-13H,14-15H2.